The minimum atomic E-state index is -0.522. The highest BCUT2D eigenvalue weighted by molar-refractivity contribution is 5.70. The van der Waals surface area contributed by atoms with Crippen molar-refractivity contribution >= 4 is 11.9 Å². The van der Waals surface area contributed by atoms with Crippen molar-refractivity contribution in [1.29, 1.82) is 0 Å². The van der Waals surface area contributed by atoms with E-state index < -0.39 is 6.10 Å². The molecule has 0 aliphatic carbocycles. The van der Waals surface area contributed by atoms with E-state index in [-0.39, 0.29) is 18.5 Å². The van der Waals surface area contributed by atoms with Gasteiger partial charge in [-0.15, -0.1) is 0 Å². The lowest BCUT2D eigenvalue weighted by atomic mass is 10.0. The van der Waals surface area contributed by atoms with Crippen LogP contribution in [-0.2, 0) is 23.8 Å². The fourth-order valence-electron chi connectivity index (χ4n) is 7.98. The molecule has 0 heterocycles. The second kappa shape index (κ2) is 49.3. The van der Waals surface area contributed by atoms with Gasteiger partial charge in [0.1, 0.15) is 6.61 Å². The van der Waals surface area contributed by atoms with Gasteiger partial charge in [0.2, 0.25) is 0 Å². The van der Waals surface area contributed by atoms with Crippen LogP contribution in [0.1, 0.15) is 297 Å². The number of unbranched alkanes of at least 4 members (excludes halogenated alkanes) is 38. The molecule has 5 heteroatoms. The molecule has 0 aliphatic heterocycles. The molecule has 0 unspecified atom stereocenters. The molecule has 0 radical (unpaired) electrons. The Morgan fingerprint density at radius 2 is 0.579 bits per heavy atom. The van der Waals surface area contributed by atoms with Gasteiger partial charge >= 0.3 is 11.9 Å². The summed E-state index contributed by atoms with van der Waals surface area (Å²) in [7, 11) is 0. The van der Waals surface area contributed by atoms with Gasteiger partial charge in [-0.2, -0.15) is 0 Å². The van der Waals surface area contributed by atoms with Gasteiger partial charge in [0, 0.05) is 19.4 Å². The van der Waals surface area contributed by atoms with Crippen LogP contribution in [0.3, 0.4) is 0 Å². The average Bonchev–Trinajstić information content (AvgIpc) is 3.21. The Hall–Kier alpha value is -1.10. The molecule has 0 fully saturated rings. The number of carbonyl (C=O) groups is 2. The molecular formula is C52H102O5. The molecule has 0 aromatic rings. The van der Waals surface area contributed by atoms with Crippen molar-refractivity contribution in [1.82, 2.24) is 0 Å². The third kappa shape index (κ3) is 47.5. The predicted molar refractivity (Wildman–Crippen MR) is 247 cm³/mol. The first-order valence-corrected chi connectivity index (χ1v) is 26.1. The molecular weight excluding hydrogens is 705 g/mol. The Morgan fingerprint density at radius 1 is 0.316 bits per heavy atom. The highest BCUT2D eigenvalue weighted by atomic mass is 16.6. The van der Waals surface area contributed by atoms with E-state index in [0.29, 0.717) is 26.1 Å². The summed E-state index contributed by atoms with van der Waals surface area (Å²) < 4.78 is 17.4. The molecule has 340 valence electrons. The van der Waals surface area contributed by atoms with Gasteiger partial charge in [-0.1, -0.05) is 265 Å². The summed E-state index contributed by atoms with van der Waals surface area (Å²) >= 11 is 0. The summed E-state index contributed by atoms with van der Waals surface area (Å²) in [6.07, 6.45) is 53.9. The first kappa shape index (κ1) is 55.9. The zero-order chi connectivity index (χ0) is 41.4. The average molecular weight is 807 g/mol. The van der Waals surface area contributed by atoms with E-state index in [1.807, 2.05) is 0 Å². The highest BCUT2D eigenvalue weighted by Gasteiger charge is 2.17. The maximum absolute atomic E-state index is 12.8. The summed E-state index contributed by atoms with van der Waals surface area (Å²) in [6, 6.07) is 0. The van der Waals surface area contributed by atoms with Gasteiger partial charge in [0.15, 0.2) is 6.10 Å². The summed E-state index contributed by atoms with van der Waals surface area (Å²) in [6.45, 7) is 7.90. The predicted octanol–water partition coefficient (Wildman–Crippen LogP) is 17.3. The van der Waals surface area contributed by atoms with E-state index in [1.54, 1.807) is 0 Å². The molecule has 0 aromatic heterocycles. The molecule has 5 nitrogen and oxygen atoms in total. The maximum Gasteiger partial charge on any atom is 0.306 e. The van der Waals surface area contributed by atoms with Crippen LogP contribution in [0.5, 0.6) is 0 Å². The Labute approximate surface area is 357 Å². The van der Waals surface area contributed by atoms with E-state index in [0.717, 1.165) is 32.1 Å². The van der Waals surface area contributed by atoms with Crippen molar-refractivity contribution in [2.45, 2.75) is 303 Å². The van der Waals surface area contributed by atoms with Crippen molar-refractivity contribution < 1.29 is 23.8 Å². The van der Waals surface area contributed by atoms with Crippen LogP contribution in [0, 0.1) is 0 Å². The van der Waals surface area contributed by atoms with Crippen LogP contribution in [0.15, 0.2) is 0 Å². The zero-order valence-electron chi connectivity index (χ0n) is 39.1. The Bertz CT molecular complexity index is 784. The Morgan fingerprint density at radius 3 is 0.895 bits per heavy atom. The van der Waals surface area contributed by atoms with E-state index in [4.69, 9.17) is 14.2 Å². The van der Waals surface area contributed by atoms with Crippen LogP contribution < -0.4 is 0 Å². The van der Waals surface area contributed by atoms with E-state index >= 15 is 0 Å². The molecule has 0 saturated heterocycles. The maximum atomic E-state index is 12.8. The number of rotatable bonds is 49. The van der Waals surface area contributed by atoms with Gasteiger partial charge in [-0.05, 0) is 19.3 Å². The molecule has 1 atom stereocenters. The first-order chi connectivity index (χ1) is 28.1. The fraction of sp³-hybridized carbons (Fsp3) is 0.962. The molecule has 0 N–H and O–H groups in total. The van der Waals surface area contributed by atoms with E-state index in [1.165, 1.54) is 231 Å². The molecule has 0 aromatic carbocycles. The van der Waals surface area contributed by atoms with Gasteiger partial charge in [-0.25, -0.2) is 0 Å². The first-order valence-electron chi connectivity index (χ1n) is 26.1. The highest BCUT2D eigenvalue weighted by Crippen LogP contribution is 2.17. The summed E-state index contributed by atoms with van der Waals surface area (Å²) in [5.74, 6) is -0.372. The van der Waals surface area contributed by atoms with Crippen molar-refractivity contribution in [3.63, 3.8) is 0 Å². The van der Waals surface area contributed by atoms with Crippen LogP contribution in [0.2, 0.25) is 0 Å². The van der Waals surface area contributed by atoms with E-state index in [9.17, 15) is 9.59 Å². The molecule has 0 bridgehead atoms. The third-order valence-electron chi connectivity index (χ3n) is 11.9. The third-order valence-corrected chi connectivity index (χ3v) is 11.9. The van der Waals surface area contributed by atoms with E-state index in [2.05, 4.69) is 20.8 Å². The molecule has 0 saturated carbocycles. The minimum Gasteiger partial charge on any atom is -0.462 e. The quantitative estimate of drug-likeness (QED) is 0.0453. The smallest absolute Gasteiger partial charge is 0.306 e. The number of ether oxygens (including phenoxy) is 3. The van der Waals surface area contributed by atoms with Gasteiger partial charge in [0.25, 0.3) is 0 Å². The Kier molecular flexibility index (Phi) is 48.3. The topological polar surface area (TPSA) is 61.8 Å². The summed E-state index contributed by atoms with van der Waals surface area (Å²) in [5, 5.41) is 0. The molecule has 0 spiro atoms. The Balaban J connectivity index is 4.17. The standard InChI is InChI=1S/C52H102O5/c1-4-7-10-13-16-19-22-25-26-27-29-32-35-38-41-44-47-55-48-50(57-52(54)46-43-40-37-34-30-24-21-18-15-12-9-6-3)49-56-51(53)45-42-39-36-33-31-28-23-20-17-14-11-8-5-2/h50H,4-49H2,1-3H3/t50-/m1/s1. The largest absolute Gasteiger partial charge is 0.462 e. The summed E-state index contributed by atoms with van der Waals surface area (Å²) in [5.41, 5.74) is 0. The van der Waals surface area contributed by atoms with Crippen LogP contribution in [-0.4, -0.2) is 37.9 Å². The van der Waals surface area contributed by atoms with Gasteiger partial charge < -0.3 is 14.2 Å². The molecule has 57 heavy (non-hydrogen) atoms. The van der Waals surface area contributed by atoms with Crippen molar-refractivity contribution in [3.05, 3.63) is 0 Å². The normalized spacial score (nSPS) is 12.0. The number of carbonyl (C=O) groups excluding carboxylic acids is 2. The van der Waals surface area contributed by atoms with Crippen LogP contribution in [0.4, 0.5) is 0 Å². The van der Waals surface area contributed by atoms with Crippen LogP contribution >= 0.6 is 0 Å². The lowest BCUT2D eigenvalue weighted by molar-refractivity contribution is -0.163. The van der Waals surface area contributed by atoms with Gasteiger partial charge in [-0.3, -0.25) is 9.59 Å². The SMILES string of the molecule is CCCCCCCCCCCCCCCCCCOC[C@H](COC(=O)CCCCCCCCCCCCCCC)OC(=O)CCCCCCCCCCCCCC. The lowest BCUT2D eigenvalue weighted by Crippen LogP contribution is -2.30. The van der Waals surface area contributed by atoms with Crippen molar-refractivity contribution in [2.75, 3.05) is 19.8 Å². The van der Waals surface area contributed by atoms with Gasteiger partial charge in [0.05, 0.1) is 6.61 Å². The fourth-order valence-corrected chi connectivity index (χ4v) is 7.98. The minimum absolute atomic E-state index is 0.0976. The van der Waals surface area contributed by atoms with Crippen LogP contribution in [0.25, 0.3) is 0 Å². The number of hydrogen-bond acceptors (Lipinski definition) is 5. The second-order valence-electron chi connectivity index (χ2n) is 17.8. The molecule has 0 aliphatic rings. The number of esters is 2. The monoisotopic (exact) mass is 807 g/mol. The molecule has 0 amide bonds. The summed E-state index contributed by atoms with van der Waals surface area (Å²) in [4.78, 5) is 25.3. The second-order valence-corrected chi connectivity index (χ2v) is 17.8. The zero-order valence-corrected chi connectivity index (χ0v) is 39.1. The lowest BCUT2D eigenvalue weighted by Gasteiger charge is -2.18. The van der Waals surface area contributed by atoms with Crippen molar-refractivity contribution in [2.24, 2.45) is 0 Å². The number of hydrogen-bond donors (Lipinski definition) is 0. The molecule has 0 rings (SSSR count). The van der Waals surface area contributed by atoms with Crippen molar-refractivity contribution in [3.8, 4) is 0 Å².